The van der Waals surface area contributed by atoms with Crippen molar-refractivity contribution in [1.29, 1.82) is 0 Å². The molecule has 0 radical (unpaired) electrons. The number of hydrogen-bond acceptors (Lipinski definition) is 4. The first-order valence-electron chi connectivity index (χ1n) is 2.98. The van der Waals surface area contributed by atoms with E-state index in [1.807, 2.05) is 0 Å². The second kappa shape index (κ2) is 2.43. The maximum absolute atomic E-state index is 10.7. The highest BCUT2D eigenvalue weighted by Crippen LogP contribution is 2.17. The molecule has 0 aromatic carbocycles. The van der Waals surface area contributed by atoms with Crippen LogP contribution in [-0.2, 0) is 20.0 Å². The molecule has 0 saturated carbocycles. The normalized spacial score (nSPS) is 30.5. The minimum Gasteiger partial charge on any atom is -0.285 e. The van der Waals surface area contributed by atoms with Gasteiger partial charge in [-0.3, -0.25) is 4.55 Å². The van der Waals surface area contributed by atoms with Crippen LogP contribution in [-0.4, -0.2) is 38.1 Å². The Morgan fingerprint density at radius 1 is 1.36 bits per heavy atom. The SMILES string of the molecule is O=S1(=O)CC[C@H](S(=O)(=O)O)C1. The standard InChI is InChI=1S/C4H8O5S2/c5-10(6)2-1-4(3-10)11(7,8)9/h4H,1-3H2,(H,7,8,9)/t4-/m0/s1. The van der Waals surface area contributed by atoms with Crippen molar-refractivity contribution in [2.24, 2.45) is 0 Å². The van der Waals surface area contributed by atoms with Crippen LogP contribution in [0.25, 0.3) is 0 Å². The first kappa shape index (κ1) is 8.95. The summed E-state index contributed by atoms with van der Waals surface area (Å²) < 4.78 is 50.7. The van der Waals surface area contributed by atoms with Crippen molar-refractivity contribution < 1.29 is 21.4 Å². The zero-order valence-corrected chi connectivity index (χ0v) is 7.23. The molecule has 0 amide bonds. The van der Waals surface area contributed by atoms with Gasteiger partial charge < -0.3 is 0 Å². The van der Waals surface area contributed by atoms with E-state index in [1.165, 1.54) is 0 Å². The Hall–Kier alpha value is -0.140. The van der Waals surface area contributed by atoms with Crippen LogP contribution in [0.3, 0.4) is 0 Å². The summed E-state index contributed by atoms with van der Waals surface area (Å²) in [6.07, 6.45) is 0.0150. The Morgan fingerprint density at radius 3 is 2.09 bits per heavy atom. The zero-order chi connectivity index (χ0) is 8.70. The van der Waals surface area contributed by atoms with E-state index in [0.717, 1.165) is 0 Å². The van der Waals surface area contributed by atoms with E-state index >= 15 is 0 Å². The molecule has 0 unspecified atom stereocenters. The molecule has 0 spiro atoms. The van der Waals surface area contributed by atoms with Gasteiger partial charge in [-0.25, -0.2) is 8.42 Å². The lowest BCUT2D eigenvalue weighted by molar-refractivity contribution is 0.470. The molecule has 1 heterocycles. The van der Waals surface area contributed by atoms with Crippen LogP contribution in [0.4, 0.5) is 0 Å². The molecule has 1 aliphatic rings. The molecule has 1 rings (SSSR count). The second-order valence-corrected chi connectivity index (χ2v) is 6.47. The summed E-state index contributed by atoms with van der Waals surface area (Å²) in [6.45, 7) is 0. The van der Waals surface area contributed by atoms with Crippen LogP contribution in [0.2, 0.25) is 0 Å². The van der Waals surface area contributed by atoms with Crippen molar-refractivity contribution in [3.63, 3.8) is 0 Å². The monoisotopic (exact) mass is 200 g/mol. The minimum atomic E-state index is -4.15. The van der Waals surface area contributed by atoms with Crippen LogP contribution < -0.4 is 0 Å². The molecule has 0 aromatic heterocycles. The summed E-state index contributed by atoms with van der Waals surface area (Å²) in [5.41, 5.74) is 0. The Kier molecular flexibility index (Phi) is 1.97. The van der Waals surface area contributed by atoms with E-state index in [1.54, 1.807) is 0 Å². The van der Waals surface area contributed by atoms with Crippen molar-refractivity contribution >= 4 is 20.0 Å². The van der Waals surface area contributed by atoms with E-state index < -0.39 is 31.0 Å². The second-order valence-electron chi connectivity index (χ2n) is 2.54. The molecule has 1 atom stereocenters. The maximum atomic E-state index is 10.7. The molecule has 1 fully saturated rings. The molecule has 0 aromatic rings. The highest BCUT2D eigenvalue weighted by atomic mass is 32.2. The third-order valence-corrected chi connectivity index (χ3v) is 4.84. The van der Waals surface area contributed by atoms with E-state index in [-0.39, 0.29) is 12.2 Å². The van der Waals surface area contributed by atoms with Crippen LogP contribution >= 0.6 is 0 Å². The lowest BCUT2D eigenvalue weighted by Gasteiger charge is -2.00. The minimum absolute atomic E-state index is 0.0150. The fourth-order valence-electron chi connectivity index (χ4n) is 0.996. The quantitative estimate of drug-likeness (QED) is 0.552. The molecule has 0 aliphatic carbocycles. The zero-order valence-electron chi connectivity index (χ0n) is 5.60. The summed E-state index contributed by atoms with van der Waals surface area (Å²) >= 11 is 0. The summed E-state index contributed by atoms with van der Waals surface area (Å²) in [6, 6.07) is 0. The van der Waals surface area contributed by atoms with Crippen molar-refractivity contribution in [3.8, 4) is 0 Å². The highest BCUT2D eigenvalue weighted by molar-refractivity contribution is 7.94. The third kappa shape index (κ3) is 2.14. The van der Waals surface area contributed by atoms with E-state index in [0.29, 0.717) is 0 Å². The number of hydrogen-bond donors (Lipinski definition) is 1. The summed E-state index contributed by atoms with van der Waals surface area (Å²) in [4.78, 5) is 0. The van der Waals surface area contributed by atoms with Gasteiger partial charge in [0.15, 0.2) is 9.84 Å². The average molecular weight is 200 g/mol. The summed E-state index contributed by atoms with van der Waals surface area (Å²) in [5.74, 6) is -0.580. The molecule has 1 N–H and O–H groups in total. The molecule has 11 heavy (non-hydrogen) atoms. The van der Waals surface area contributed by atoms with Gasteiger partial charge in [-0.05, 0) is 6.42 Å². The van der Waals surface area contributed by atoms with Gasteiger partial charge in [0, 0.05) is 0 Å². The van der Waals surface area contributed by atoms with Gasteiger partial charge in [0.2, 0.25) is 0 Å². The number of sulfone groups is 1. The Labute approximate surface area is 65.1 Å². The number of rotatable bonds is 1. The molecular weight excluding hydrogens is 192 g/mol. The van der Waals surface area contributed by atoms with Gasteiger partial charge in [0.05, 0.1) is 11.5 Å². The predicted octanol–water partition coefficient (Wildman–Crippen LogP) is -0.939. The molecule has 66 valence electrons. The Balaban J connectivity index is 2.87. The van der Waals surface area contributed by atoms with Crippen LogP contribution in [0.5, 0.6) is 0 Å². The largest absolute Gasteiger partial charge is 0.285 e. The van der Waals surface area contributed by atoms with Crippen LogP contribution in [0.1, 0.15) is 6.42 Å². The van der Waals surface area contributed by atoms with Gasteiger partial charge in [0.1, 0.15) is 5.25 Å². The Morgan fingerprint density at radius 2 is 1.91 bits per heavy atom. The highest BCUT2D eigenvalue weighted by Gasteiger charge is 2.35. The predicted molar refractivity (Wildman–Crippen MR) is 38.6 cm³/mol. The first-order valence-corrected chi connectivity index (χ1v) is 6.30. The molecular formula is C4H8O5S2. The lowest BCUT2D eigenvalue weighted by atomic mass is 10.4. The van der Waals surface area contributed by atoms with Gasteiger partial charge in [0.25, 0.3) is 10.1 Å². The van der Waals surface area contributed by atoms with Crippen molar-refractivity contribution in [2.45, 2.75) is 11.7 Å². The van der Waals surface area contributed by atoms with Gasteiger partial charge >= 0.3 is 0 Å². The fourth-order valence-corrected chi connectivity index (χ4v) is 4.41. The molecule has 1 saturated heterocycles. The molecule has 5 nitrogen and oxygen atoms in total. The fraction of sp³-hybridized carbons (Fsp3) is 1.00. The van der Waals surface area contributed by atoms with Crippen molar-refractivity contribution in [2.75, 3.05) is 11.5 Å². The topological polar surface area (TPSA) is 88.5 Å². The smallest absolute Gasteiger partial charge is 0.268 e. The van der Waals surface area contributed by atoms with E-state index in [2.05, 4.69) is 0 Å². The average Bonchev–Trinajstić information content (AvgIpc) is 2.07. The molecule has 0 bridgehead atoms. The van der Waals surface area contributed by atoms with Crippen molar-refractivity contribution in [3.05, 3.63) is 0 Å². The van der Waals surface area contributed by atoms with Crippen molar-refractivity contribution in [1.82, 2.24) is 0 Å². The Bertz CT molecular complexity index is 337. The molecule has 1 aliphatic heterocycles. The van der Waals surface area contributed by atoms with Gasteiger partial charge in [-0.2, -0.15) is 8.42 Å². The van der Waals surface area contributed by atoms with Crippen LogP contribution in [0, 0.1) is 0 Å². The summed E-state index contributed by atoms with van der Waals surface area (Å²) in [7, 11) is -7.37. The molecule has 7 heteroatoms. The van der Waals surface area contributed by atoms with Gasteiger partial charge in [-0.1, -0.05) is 0 Å². The first-order chi connectivity index (χ1) is 4.81. The maximum Gasteiger partial charge on any atom is 0.268 e. The van der Waals surface area contributed by atoms with E-state index in [9.17, 15) is 16.8 Å². The van der Waals surface area contributed by atoms with Crippen LogP contribution in [0.15, 0.2) is 0 Å². The lowest BCUT2D eigenvalue weighted by Crippen LogP contribution is -2.21. The van der Waals surface area contributed by atoms with E-state index in [4.69, 9.17) is 4.55 Å². The third-order valence-electron chi connectivity index (χ3n) is 1.61. The summed E-state index contributed by atoms with van der Waals surface area (Å²) in [5, 5.41) is -1.10. The van der Waals surface area contributed by atoms with Gasteiger partial charge in [-0.15, -0.1) is 0 Å².